The topological polar surface area (TPSA) is 104 Å². The molecule has 2 amide bonds. The van der Waals surface area contributed by atoms with Crippen LogP contribution in [0.4, 0.5) is 4.79 Å². The number of guanidine groups is 1. The highest BCUT2D eigenvalue weighted by Crippen LogP contribution is 2.33. The van der Waals surface area contributed by atoms with Crippen LogP contribution < -0.4 is 16.0 Å². The van der Waals surface area contributed by atoms with Gasteiger partial charge < -0.3 is 25.4 Å². The zero-order valence-corrected chi connectivity index (χ0v) is 23.0. The van der Waals surface area contributed by atoms with Gasteiger partial charge >= 0.3 is 6.09 Å². The van der Waals surface area contributed by atoms with Crippen molar-refractivity contribution in [2.75, 3.05) is 26.7 Å². The van der Waals surface area contributed by atoms with Gasteiger partial charge in [-0.05, 0) is 62.3 Å². The minimum Gasteiger partial charge on any atom is -0.444 e. The van der Waals surface area contributed by atoms with E-state index in [4.69, 9.17) is 9.47 Å². The first-order chi connectivity index (χ1) is 13.6. The molecular weight excluding hydrogens is 513 g/mol. The van der Waals surface area contributed by atoms with Gasteiger partial charge in [-0.2, -0.15) is 0 Å². The minimum absolute atomic E-state index is 0. The Morgan fingerprint density at radius 2 is 1.71 bits per heavy atom. The molecule has 0 saturated carbocycles. The van der Waals surface area contributed by atoms with E-state index in [1.165, 1.54) is 0 Å². The Bertz CT molecular complexity index is 646. The van der Waals surface area contributed by atoms with Crippen LogP contribution >= 0.6 is 24.0 Å². The van der Waals surface area contributed by atoms with E-state index in [0.717, 1.165) is 0 Å². The lowest BCUT2D eigenvalue weighted by atomic mass is 9.92. The molecular formula is C21H42IN5O4. The lowest BCUT2D eigenvalue weighted by Crippen LogP contribution is -2.55. The summed E-state index contributed by atoms with van der Waals surface area (Å²) in [6.07, 6.45) is -0.603. The number of ether oxygens (including phenoxy) is 2. The highest BCUT2D eigenvalue weighted by Gasteiger charge is 2.49. The predicted molar refractivity (Wildman–Crippen MR) is 134 cm³/mol. The normalized spacial score (nSPS) is 21.2. The molecule has 3 N–H and O–H groups in total. The third-order valence-electron chi connectivity index (χ3n) is 4.87. The second-order valence-electron chi connectivity index (χ2n) is 9.74. The van der Waals surface area contributed by atoms with E-state index in [-0.39, 0.29) is 42.0 Å². The summed E-state index contributed by atoms with van der Waals surface area (Å²) in [5, 5.41) is 9.28. The van der Waals surface area contributed by atoms with Crippen LogP contribution in [0.15, 0.2) is 4.99 Å². The first-order valence-electron chi connectivity index (χ1n) is 10.6. The molecule has 1 saturated heterocycles. The van der Waals surface area contributed by atoms with Gasteiger partial charge in [0.1, 0.15) is 11.3 Å². The highest BCUT2D eigenvalue weighted by atomic mass is 127. The monoisotopic (exact) mass is 555 g/mol. The maximum atomic E-state index is 12.8. The van der Waals surface area contributed by atoms with Gasteiger partial charge in [0.25, 0.3) is 0 Å². The first-order valence-corrected chi connectivity index (χ1v) is 10.6. The van der Waals surface area contributed by atoms with Gasteiger partial charge in [0.05, 0.1) is 17.6 Å². The number of amides is 2. The van der Waals surface area contributed by atoms with Crippen molar-refractivity contribution in [2.45, 2.75) is 85.8 Å². The number of carbonyl (C=O) groups is 2. The summed E-state index contributed by atoms with van der Waals surface area (Å²) in [6.45, 7) is 18.2. The largest absolute Gasteiger partial charge is 0.444 e. The molecule has 0 radical (unpaired) electrons. The maximum absolute atomic E-state index is 12.8. The number of hydrogen-bond donors (Lipinski definition) is 3. The van der Waals surface area contributed by atoms with E-state index in [1.54, 1.807) is 11.9 Å². The fraction of sp³-hybridized carbons (Fsp3) is 0.857. The molecule has 1 fully saturated rings. The van der Waals surface area contributed by atoms with Crippen LogP contribution in [0.2, 0.25) is 0 Å². The number of halogens is 1. The average molecular weight is 556 g/mol. The van der Waals surface area contributed by atoms with Crippen molar-refractivity contribution >= 4 is 41.9 Å². The Labute approximate surface area is 204 Å². The summed E-state index contributed by atoms with van der Waals surface area (Å²) in [6, 6.07) is -0.246. The van der Waals surface area contributed by atoms with Crippen molar-refractivity contribution in [1.82, 2.24) is 20.9 Å². The minimum atomic E-state index is -0.786. The van der Waals surface area contributed by atoms with Crippen LogP contribution in [0.1, 0.15) is 62.3 Å². The summed E-state index contributed by atoms with van der Waals surface area (Å²) in [5.74, 6) is 0.525. The Hall–Kier alpha value is -1.30. The van der Waals surface area contributed by atoms with Crippen LogP contribution in [-0.2, 0) is 14.3 Å². The Morgan fingerprint density at radius 3 is 2.19 bits per heavy atom. The van der Waals surface area contributed by atoms with E-state index in [2.05, 4.69) is 20.9 Å². The van der Waals surface area contributed by atoms with Gasteiger partial charge in [0, 0.05) is 26.7 Å². The molecule has 0 aromatic carbocycles. The van der Waals surface area contributed by atoms with Gasteiger partial charge in [-0.15, -0.1) is 24.0 Å². The summed E-state index contributed by atoms with van der Waals surface area (Å²) in [4.78, 5) is 30.9. The molecule has 0 aromatic heterocycles. The van der Waals surface area contributed by atoms with Crippen molar-refractivity contribution in [3.8, 4) is 0 Å². The van der Waals surface area contributed by atoms with Gasteiger partial charge in [0.15, 0.2) is 5.96 Å². The summed E-state index contributed by atoms with van der Waals surface area (Å²) >= 11 is 0. The first kappa shape index (κ1) is 29.7. The molecule has 2 unspecified atom stereocenters. The third-order valence-corrected chi connectivity index (χ3v) is 4.87. The quantitative estimate of drug-likeness (QED) is 0.265. The molecule has 1 aliphatic heterocycles. The number of rotatable bonds is 6. The lowest BCUT2D eigenvalue weighted by molar-refractivity contribution is -0.128. The molecule has 9 nitrogen and oxygen atoms in total. The number of nitrogens with zero attached hydrogens (tertiary/aromatic N) is 2. The number of hydrogen-bond acceptors (Lipinski definition) is 5. The van der Waals surface area contributed by atoms with Crippen molar-refractivity contribution < 1.29 is 19.1 Å². The van der Waals surface area contributed by atoms with Crippen LogP contribution in [0.25, 0.3) is 0 Å². The van der Waals surface area contributed by atoms with Crippen LogP contribution in [-0.4, -0.2) is 73.0 Å². The predicted octanol–water partition coefficient (Wildman–Crippen LogP) is 2.69. The highest BCUT2D eigenvalue weighted by molar-refractivity contribution is 14.0. The van der Waals surface area contributed by atoms with E-state index in [1.807, 2.05) is 62.3 Å². The van der Waals surface area contributed by atoms with Crippen LogP contribution in [0.3, 0.4) is 0 Å². The zero-order chi connectivity index (χ0) is 23.3. The van der Waals surface area contributed by atoms with Gasteiger partial charge in [-0.1, -0.05) is 0 Å². The van der Waals surface area contributed by atoms with Gasteiger partial charge in [-0.3, -0.25) is 14.7 Å². The smallest absolute Gasteiger partial charge is 0.412 e. The van der Waals surface area contributed by atoms with Gasteiger partial charge in [-0.25, -0.2) is 4.79 Å². The molecule has 182 valence electrons. The number of carbonyl (C=O) groups excluding carboxylic acids is 2. The van der Waals surface area contributed by atoms with E-state index in [9.17, 15) is 9.59 Å². The molecule has 0 spiro atoms. The standard InChI is InChI=1S/C21H41N5O4.HI/c1-11-23-16(27)20(6,7)13-25-17(22-10)24-12-15-14(2)29-21(8,9)26(15)18(28)30-19(3,4)5;/h14-15H,11-13H2,1-10H3,(H,23,27)(H2,22,24,25);1H. The summed E-state index contributed by atoms with van der Waals surface area (Å²) in [7, 11) is 1.67. The second kappa shape index (κ2) is 11.5. The Morgan fingerprint density at radius 1 is 1.13 bits per heavy atom. The molecule has 0 aliphatic carbocycles. The zero-order valence-electron chi connectivity index (χ0n) is 20.7. The van der Waals surface area contributed by atoms with Crippen molar-refractivity contribution in [3.05, 3.63) is 0 Å². The average Bonchev–Trinajstić information content (AvgIpc) is 2.81. The van der Waals surface area contributed by atoms with E-state index in [0.29, 0.717) is 25.6 Å². The Kier molecular flexibility index (Phi) is 11.0. The molecule has 1 rings (SSSR count). The maximum Gasteiger partial charge on any atom is 0.412 e. The molecule has 31 heavy (non-hydrogen) atoms. The fourth-order valence-corrected chi connectivity index (χ4v) is 3.33. The van der Waals surface area contributed by atoms with E-state index < -0.39 is 22.8 Å². The van der Waals surface area contributed by atoms with Crippen LogP contribution in [0.5, 0.6) is 0 Å². The summed E-state index contributed by atoms with van der Waals surface area (Å²) < 4.78 is 11.6. The molecule has 0 aromatic rings. The van der Waals surface area contributed by atoms with E-state index >= 15 is 0 Å². The molecule has 2 atom stereocenters. The van der Waals surface area contributed by atoms with Crippen molar-refractivity contribution in [2.24, 2.45) is 10.4 Å². The number of nitrogens with one attached hydrogen (secondary N) is 3. The summed E-state index contributed by atoms with van der Waals surface area (Å²) in [5.41, 5.74) is -1.98. The van der Waals surface area contributed by atoms with Crippen LogP contribution in [0, 0.1) is 5.41 Å². The van der Waals surface area contributed by atoms with Gasteiger partial charge in [0.2, 0.25) is 5.91 Å². The lowest BCUT2D eigenvalue weighted by Gasteiger charge is -2.35. The molecule has 1 heterocycles. The van der Waals surface area contributed by atoms with Crippen molar-refractivity contribution in [3.63, 3.8) is 0 Å². The second-order valence-corrected chi connectivity index (χ2v) is 9.74. The third kappa shape index (κ3) is 8.63. The Balaban J connectivity index is 0.00000900. The van der Waals surface area contributed by atoms with Crippen molar-refractivity contribution in [1.29, 1.82) is 0 Å². The SMILES string of the molecule is CCNC(=O)C(C)(C)CNC(=NC)NCC1C(C)OC(C)(C)N1C(=O)OC(C)(C)C.I. The molecule has 10 heteroatoms. The fourth-order valence-electron chi connectivity index (χ4n) is 3.33. The number of aliphatic imine (C=N–C) groups is 1. The molecule has 0 bridgehead atoms. The molecule has 1 aliphatic rings.